The van der Waals surface area contributed by atoms with Crippen LogP contribution in [-0.4, -0.2) is 35.6 Å². The Morgan fingerprint density at radius 1 is 1.47 bits per heavy atom. The normalized spacial score (nSPS) is 10.5. The first-order chi connectivity index (χ1) is 8.27. The van der Waals surface area contributed by atoms with Crippen LogP contribution < -0.4 is 0 Å². The Labute approximate surface area is 107 Å². The molecule has 0 aliphatic heterocycles. The SMILES string of the molecule is CCN(CCCO)C(=O)CCCc1cccs1. The van der Waals surface area contributed by atoms with Crippen LogP contribution in [0, 0.1) is 0 Å². The van der Waals surface area contributed by atoms with Crippen molar-refractivity contribution in [3.8, 4) is 0 Å². The van der Waals surface area contributed by atoms with E-state index in [1.54, 1.807) is 11.3 Å². The average Bonchev–Trinajstić information content (AvgIpc) is 2.83. The predicted molar refractivity (Wildman–Crippen MR) is 71.2 cm³/mol. The van der Waals surface area contributed by atoms with Gasteiger partial charge in [-0.25, -0.2) is 0 Å². The van der Waals surface area contributed by atoms with E-state index >= 15 is 0 Å². The van der Waals surface area contributed by atoms with Crippen molar-refractivity contribution in [2.45, 2.75) is 32.6 Å². The maximum Gasteiger partial charge on any atom is 0.222 e. The number of amides is 1. The summed E-state index contributed by atoms with van der Waals surface area (Å²) in [5.74, 6) is 0.206. The minimum atomic E-state index is 0.152. The lowest BCUT2D eigenvalue weighted by Crippen LogP contribution is -2.32. The van der Waals surface area contributed by atoms with Crippen molar-refractivity contribution in [3.05, 3.63) is 22.4 Å². The maximum atomic E-state index is 11.9. The summed E-state index contributed by atoms with van der Waals surface area (Å²) < 4.78 is 0. The second-order valence-corrected chi connectivity index (χ2v) is 5.02. The first-order valence-corrected chi connectivity index (χ1v) is 7.07. The second-order valence-electron chi connectivity index (χ2n) is 3.98. The van der Waals surface area contributed by atoms with E-state index in [9.17, 15) is 4.79 Å². The van der Waals surface area contributed by atoms with Crippen LogP contribution in [0.1, 0.15) is 31.1 Å². The van der Waals surface area contributed by atoms with Gasteiger partial charge in [-0.05, 0) is 37.6 Å². The molecule has 0 aliphatic rings. The highest BCUT2D eigenvalue weighted by molar-refractivity contribution is 7.09. The molecule has 1 aromatic heterocycles. The number of nitrogens with zero attached hydrogens (tertiary/aromatic N) is 1. The molecule has 0 atom stereocenters. The number of aliphatic hydroxyl groups excluding tert-OH is 1. The number of carbonyl (C=O) groups is 1. The summed E-state index contributed by atoms with van der Waals surface area (Å²) in [5.41, 5.74) is 0. The van der Waals surface area contributed by atoms with Gasteiger partial charge in [0.25, 0.3) is 0 Å². The van der Waals surface area contributed by atoms with Gasteiger partial charge < -0.3 is 10.0 Å². The third kappa shape index (κ3) is 5.33. The Hall–Kier alpha value is -0.870. The highest BCUT2D eigenvalue weighted by Crippen LogP contribution is 2.12. The predicted octanol–water partition coefficient (Wildman–Crippen LogP) is 2.30. The van der Waals surface area contributed by atoms with Crippen molar-refractivity contribution in [2.75, 3.05) is 19.7 Å². The fraction of sp³-hybridized carbons (Fsp3) is 0.615. The van der Waals surface area contributed by atoms with Crippen LogP contribution >= 0.6 is 11.3 Å². The zero-order valence-corrected chi connectivity index (χ0v) is 11.2. The van der Waals surface area contributed by atoms with Crippen LogP contribution in [-0.2, 0) is 11.2 Å². The Balaban J connectivity index is 2.22. The maximum absolute atomic E-state index is 11.9. The summed E-state index contributed by atoms with van der Waals surface area (Å²) >= 11 is 1.74. The molecule has 0 radical (unpaired) electrons. The molecule has 1 N–H and O–H groups in total. The number of aryl methyl sites for hydroxylation is 1. The molecule has 4 heteroatoms. The number of carbonyl (C=O) groups excluding carboxylic acids is 1. The van der Waals surface area contributed by atoms with Crippen molar-refractivity contribution in [1.82, 2.24) is 4.90 Å². The third-order valence-electron chi connectivity index (χ3n) is 2.71. The van der Waals surface area contributed by atoms with Crippen LogP contribution in [0.5, 0.6) is 0 Å². The number of hydrogen-bond donors (Lipinski definition) is 1. The largest absolute Gasteiger partial charge is 0.396 e. The van der Waals surface area contributed by atoms with E-state index in [0.717, 1.165) is 19.4 Å². The van der Waals surface area contributed by atoms with E-state index in [0.29, 0.717) is 19.4 Å². The van der Waals surface area contributed by atoms with E-state index in [1.807, 2.05) is 17.9 Å². The molecule has 0 spiro atoms. The molecule has 0 aliphatic carbocycles. The van der Waals surface area contributed by atoms with Gasteiger partial charge in [0.2, 0.25) is 5.91 Å². The summed E-state index contributed by atoms with van der Waals surface area (Å²) in [6.45, 7) is 3.54. The van der Waals surface area contributed by atoms with E-state index in [1.165, 1.54) is 4.88 Å². The molecule has 3 nitrogen and oxygen atoms in total. The van der Waals surface area contributed by atoms with Gasteiger partial charge in [0.15, 0.2) is 0 Å². The van der Waals surface area contributed by atoms with Gasteiger partial charge in [-0.15, -0.1) is 11.3 Å². The molecule has 1 rings (SSSR count). The third-order valence-corrected chi connectivity index (χ3v) is 3.65. The monoisotopic (exact) mass is 255 g/mol. The molecule has 0 aromatic carbocycles. The molecular weight excluding hydrogens is 234 g/mol. The van der Waals surface area contributed by atoms with Crippen LogP contribution in [0.15, 0.2) is 17.5 Å². The number of rotatable bonds is 8. The van der Waals surface area contributed by atoms with Crippen LogP contribution in [0.3, 0.4) is 0 Å². The quantitative estimate of drug-likeness (QED) is 0.774. The average molecular weight is 255 g/mol. The Morgan fingerprint density at radius 3 is 2.88 bits per heavy atom. The fourth-order valence-corrected chi connectivity index (χ4v) is 2.50. The van der Waals surface area contributed by atoms with E-state index < -0.39 is 0 Å². The number of hydrogen-bond acceptors (Lipinski definition) is 3. The lowest BCUT2D eigenvalue weighted by Gasteiger charge is -2.20. The molecular formula is C13H21NO2S. The molecule has 0 bridgehead atoms. The van der Waals surface area contributed by atoms with Crippen molar-refractivity contribution >= 4 is 17.2 Å². The Morgan fingerprint density at radius 2 is 2.29 bits per heavy atom. The molecule has 0 unspecified atom stereocenters. The summed E-state index contributed by atoms with van der Waals surface area (Å²) in [7, 11) is 0. The lowest BCUT2D eigenvalue weighted by atomic mass is 10.2. The van der Waals surface area contributed by atoms with Gasteiger partial charge >= 0.3 is 0 Å². The lowest BCUT2D eigenvalue weighted by molar-refractivity contribution is -0.131. The van der Waals surface area contributed by atoms with Gasteiger partial charge in [0, 0.05) is 31.0 Å². The summed E-state index contributed by atoms with van der Waals surface area (Å²) in [6, 6.07) is 4.15. The molecule has 1 amide bonds. The van der Waals surface area contributed by atoms with Crippen molar-refractivity contribution in [3.63, 3.8) is 0 Å². The highest BCUT2D eigenvalue weighted by Gasteiger charge is 2.10. The van der Waals surface area contributed by atoms with Crippen LogP contribution in [0.25, 0.3) is 0 Å². The number of thiophene rings is 1. The molecule has 1 heterocycles. The topological polar surface area (TPSA) is 40.5 Å². The molecule has 0 saturated heterocycles. The van der Waals surface area contributed by atoms with Crippen molar-refractivity contribution in [1.29, 1.82) is 0 Å². The Bertz CT molecular complexity index is 311. The standard InChI is InChI=1S/C13H21NO2S/c1-2-14(9-5-10-15)13(16)8-3-6-12-7-4-11-17-12/h4,7,11,15H,2-3,5-6,8-10H2,1H3. The van der Waals surface area contributed by atoms with Crippen LogP contribution in [0.4, 0.5) is 0 Å². The zero-order chi connectivity index (χ0) is 12.5. The van der Waals surface area contributed by atoms with Crippen molar-refractivity contribution in [2.24, 2.45) is 0 Å². The summed E-state index contributed by atoms with van der Waals surface area (Å²) in [4.78, 5) is 15.0. The molecule has 0 saturated carbocycles. The van der Waals surface area contributed by atoms with Gasteiger partial charge in [-0.2, -0.15) is 0 Å². The number of aliphatic hydroxyl groups is 1. The van der Waals surface area contributed by atoms with Gasteiger partial charge in [0.1, 0.15) is 0 Å². The van der Waals surface area contributed by atoms with Gasteiger partial charge in [-0.3, -0.25) is 4.79 Å². The van der Waals surface area contributed by atoms with E-state index in [4.69, 9.17) is 5.11 Å². The fourth-order valence-electron chi connectivity index (χ4n) is 1.75. The Kier molecular flexibility index (Phi) is 6.89. The minimum Gasteiger partial charge on any atom is -0.396 e. The van der Waals surface area contributed by atoms with Gasteiger partial charge in [0.05, 0.1) is 0 Å². The second kappa shape index (κ2) is 8.25. The summed E-state index contributed by atoms with van der Waals surface area (Å²) in [5, 5.41) is 10.8. The molecule has 96 valence electrons. The summed E-state index contributed by atoms with van der Waals surface area (Å²) in [6.07, 6.45) is 3.18. The first kappa shape index (κ1) is 14.2. The minimum absolute atomic E-state index is 0.152. The van der Waals surface area contributed by atoms with E-state index in [2.05, 4.69) is 11.4 Å². The van der Waals surface area contributed by atoms with E-state index in [-0.39, 0.29) is 12.5 Å². The van der Waals surface area contributed by atoms with Crippen molar-refractivity contribution < 1.29 is 9.90 Å². The zero-order valence-electron chi connectivity index (χ0n) is 10.4. The highest BCUT2D eigenvalue weighted by atomic mass is 32.1. The van der Waals surface area contributed by atoms with Gasteiger partial charge in [-0.1, -0.05) is 6.07 Å². The first-order valence-electron chi connectivity index (χ1n) is 6.19. The molecule has 1 aromatic rings. The smallest absolute Gasteiger partial charge is 0.222 e. The van der Waals surface area contributed by atoms with Crippen LogP contribution in [0.2, 0.25) is 0 Å². The molecule has 0 fully saturated rings. The molecule has 17 heavy (non-hydrogen) atoms.